The maximum atomic E-state index is 13.1. The summed E-state index contributed by atoms with van der Waals surface area (Å²) < 4.78 is 0. The fraction of sp³-hybridized carbons (Fsp3) is 0.867. The van der Waals surface area contributed by atoms with Crippen LogP contribution in [0, 0.1) is 11.3 Å². The van der Waals surface area contributed by atoms with Crippen LogP contribution in [0.15, 0.2) is 0 Å². The Morgan fingerprint density at radius 1 is 1.19 bits per heavy atom. The topological polar surface area (TPSA) is 87.5 Å². The molecular weight excluding hydrogens is 268 g/mol. The van der Waals surface area contributed by atoms with Crippen molar-refractivity contribution >= 4 is 11.9 Å². The Bertz CT molecular complexity index is 420. The Labute approximate surface area is 125 Å². The van der Waals surface area contributed by atoms with Crippen molar-refractivity contribution in [3.63, 3.8) is 0 Å². The molecule has 2 heterocycles. The van der Waals surface area contributed by atoms with Crippen molar-refractivity contribution in [3.05, 3.63) is 0 Å². The van der Waals surface area contributed by atoms with Gasteiger partial charge in [0.2, 0.25) is 5.91 Å². The first-order valence-corrected chi connectivity index (χ1v) is 8.18. The largest absolute Gasteiger partial charge is 0.352 e. The van der Waals surface area contributed by atoms with Crippen LogP contribution < -0.4 is 16.4 Å². The van der Waals surface area contributed by atoms with Gasteiger partial charge in [0.15, 0.2) is 0 Å². The minimum Gasteiger partial charge on any atom is -0.352 e. The predicted molar refractivity (Wildman–Crippen MR) is 79.6 cm³/mol. The van der Waals surface area contributed by atoms with E-state index in [9.17, 15) is 9.59 Å². The molecule has 21 heavy (non-hydrogen) atoms. The number of carbonyl (C=O) groups excluding carboxylic acids is 2. The monoisotopic (exact) mass is 294 g/mol. The fourth-order valence-corrected chi connectivity index (χ4v) is 4.41. The summed E-state index contributed by atoms with van der Waals surface area (Å²) in [7, 11) is 0. The first kappa shape index (κ1) is 14.6. The lowest BCUT2D eigenvalue weighted by Crippen LogP contribution is -2.54. The van der Waals surface area contributed by atoms with Crippen LogP contribution in [0.25, 0.3) is 0 Å². The highest BCUT2D eigenvalue weighted by molar-refractivity contribution is 5.84. The molecule has 4 N–H and O–H groups in total. The number of likely N-dealkylation sites (tertiary alicyclic amines) is 1. The highest BCUT2D eigenvalue weighted by Crippen LogP contribution is 2.45. The molecule has 3 amide bonds. The quantitative estimate of drug-likeness (QED) is 0.690. The normalized spacial score (nSPS) is 33.5. The van der Waals surface area contributed by atoms with Crippen molar-refractivity contribution in [1.82, 2.24) is 15.5 Å². The van der Waals surface area contributed by atoms with Gasteiger partial charge in [-0.15, -0.1) is 0 Å². The SMILES string of the molecule is NC(=O)NC1CCN(C(=O)[C@@]23CCCC[C@H]2CNC3)CC1. The number of rotatable bonds is 2. The molecule has 0 aromatic rings. The Kier molecular flexibility index (Phi) is 4.06. The Hall–Kier alpha value is -1.30. The molecule has 118 valence electrons. The number of primary amides is 1. The smallest absolute Gasteiger partial charge is 0.312 e. The number of piperidine rings is 1. The van der Waals surface area contributed by atoms with Crippen LogP contribution in [-0.2, 0) is 4.79 Å². The van der Waals surface area contributed by atoms with E-state index < -0.39 is 6.03 Å². The molecule has 3 rings (SSSR count). The summed E-state index contributed by atoms with van der Waals surface area (Å²) in [6.45, 7) is 3.30. The number of nitrogens with two attached hydrogens (primary N) is 1. The summed E-state index contributed by atoms with van der Waals surface area (Å²) in [5, 5.41) is 6.19. The molecule has 6 nitrogen and oxygen atoms in total. The van der Waals surface area contributed by atoms with Gasteiger partial charge in [-0.2, -0.15) is 0 Å². The zero-order chi connectivity index (χ0) is 14.9. The molecule has 0 spiro atoms. The van der Waals surface area contributed by atoms with E-state index in [1.165, 1.54) is 19.3 Å². The van der Waals surface area contributed by atoms with Gasteiger partial charge in [-0.1, -0.05) is 12.8 Å². The number of carbonyl (C=O) groups is 2. The van der Waals surface area contributed by atoms with E-state index in [0.717, 1.165) is 45.4 Å². The third-order valence-corrected chi connectivity index (χ3v) is 5.59. The average molecular weight is 294 g/mol. The summed E-state index contributed by atoms with van der Waals surface area (Å²) in [5.41, 5.74) is 5.01. The highest BCUT2D eigenvalue weighted by atomic mass is 16.2. The van der Waals surface area contributed by atoms with Gasteiger partial charge in [0.1, 0.15) is 0 Å². The minimum absolute atomic E-state index is 0.118. The Balaban J connectivity index is 1.62. The van der Waals surface area contributed by atoms with Crippen LogP contribution in [0.4, 0.5) is 4.79 Å². The zero-order valence-electron chi connectivity index (χ0n) is 12.6. The maximum absolute atomic E-state index is 13.1. The Morgan fingerprint density at radius 3 is 2.67 bits per heavy atom. The van der Waals surface area contributed by atoms with Gasteiger partial charge in [-0.3, -0.25) is 4.79 Å². The molecule has 1 aliphatic carbocycles. The van der Waals surface area contributed by atoms with Crippen molar-refractivity contribution in [2.75, 3.05) is 26.2 Å². The second kappa shape index (κ2) is 5.83. The van der Waals surface area contributed by atoms with Crippen molar-refractivity contribution in [2.45, 2.75) is 44.6 Å². The number of amides is 3. The summed E-state index contributed by atoms with van der Waals surface area (Å²) in [5.74, 6) is 0.856. The Morgan fingerprint density at radius 2 is 1.95 bits per heavy atom. The van der Waals surface area contributed by atoms with Crippen LogP contribution in [-0.4, -0.2) is 49.1 Å². The van der Waals surface area contributed by atoms with Gasteiger partial charge in [-0.25, -0.2) is 4.79 Å². The maximum Gasteiger partial charge on any atom is 0.312 e. The lowest BCUT2D eigenvalue weighted by atomic mass is 9.67. The van der Waals surface area contributed by atoms with Gasteiger partial charge in [-0.05, 0) is 38.1 Å². The van der Waals surface area contributed by atoms with E-state index in [4.69, 9.17) is 5.73 Å². The molecule has 1 saturated carbocycles. The molecule has 0 unspecified atom stereocenters. The summed E-state index contributed by atoms with van der Waals surface area (Å²) in [4.78, 5) is 26.0. The third-order valence-electron chi connectivity index (χ3n) is 5.59. The van der Waals surface area contributed by atoms with E-state index >= 15 is 0 Å². The molecule has 3 aliphatic rings. The molecule has 2 aliphatic heterocycles. The van der Waals surface area contributed by atoms with E-state index in [-0.39, 0.29) is 11.5 Å². The molecule has 0 aromatic heterocycles. The van der Waals surface area contributed by atoms with Crippen LogP contribution in [0.2, 0.25) is 0 Å². The first-order valence-electron chi connectivity index (χ1n) is 8.18. The zero-order valence-corrected chi connectivity index (χ0v) is 12.6. The molecule has 0 radical (unpaired) electrons. The van der Waals surface area contributed by atoms with E-state index in [2.05, 4.69) is 10.6 Å². The summed E-state index contributed by atoms with van der Waals surface area (Å²) in [6, 6.07) is -0.349. The van der Waals surface area contributed by atoms with Crippen LogP contribution in [0.3, 0.4) is 0 Å². The number of nitrogens with one attached hydrogen (secondary N) is 2. The molecule has 0 aromatic carbocycles. The van der Waals surface area contributed by atoms with Crippen molar-refractivity contribution in [3.8, 4) is 0 Å². The van der Waals surface area contributed by atoms with Gasteiger partial charge in [0.05, 0.1) is 5.41 Å². The lowest BCUT2D eigenvalue weighted by Gasteiger charge is -2.43. The van der Waals surface area contributed by atoms with Crippen LogP contribution in [0.1, 0.15) is 38.5 Å². The van der Waals surface area contributed by atoms with Crippen molar-refractivity contribution in [2.24, 2.45) is 17.1 Å². The number of nitrogens with zero attached hydrogens (tertiary/aromatic N) is 1. The molecule has 2 atom stereocenters. The van der Waals surface area contributed by atoms with E-state index in [0.29, 0.717) is 11.8 Å². The predicted octanol–water partition coefficient (Wildman–Crippen LogP) is 0.426. The van der Waals surface area contributed by atoms with Gasteiger partial charge in [0, 0.05) is 25.7 Å². The van der Waals surface area contributed by atoms with Gasteiger partial charge < -0.3 is 21.3 Å². The lowest BCUT2D eigenvalue weighted by molar-refractivity contribution is -0.146. The van der Waals surface area contributed by atoms with Crippen molar-refractivity contribution < 1.29 is 9.59 Å². The second-order valence-corrected chi connectivity index (χ2v) is 6.80. The third kappa shape index (κ3) is 2.73. The average Bonchev–Trinajstić information content (AvgIpc) is 2.91. The minimum atomic E-state index is -0.467. The van der Waals surface area contributed by atoms with Crippen molar-refractivity contribution in [1.29, 1.82) is 0 Å². The molecule has 2 saturated heterocycles. The summed E-state index contributed by atoms with van der Waals surface area (Å²) in [6.07, 6.45) is 6.25. The van der Waals surface area contributed by atoms with E-state index in [1.54, 1.807) is 0 Å². The van der Waals surface area contributed by atoms with Gasteiger partial charge in [0.25, 0.3) is 0 Å². The highest BCUT2D eigenvalue weighted by Gasteiger charge is 2.51. The second-order valence-electron chi connectivity index (χ2n) is 6.80. The molecular formula is C15H26N4O2. The fourth-order valence-electron chi connectivity index (χ4n) is 4.41. The van der Waals surface area contributed by atoms with Crippen LogP contribution >= 0.6 is 0 Å². The first-order chi connectivity index (χ1) is 10.1. The van der Waals surface area contributed by atoms with Gasteiger partial charge >= 0.3 is 6.03 Å². The molecule has 0 bridgehead atoms. The number of urea groups is 1. The standard InChI is InChI=1S/C15H26N4O2/c16-14(21)18-12-4-7-19(8-5-12)13(20)15-6-2-1-3-11(15)9-17-10-15/h11-12,17H,1-10H2,(H3,16,18,21)/t11-,15+/m0/s1. The molecule has 6 heteroatoms. The molecule has 3 fully saturated rings. The number of hydrogen-bond acceptors (Lipinski definition) is 3. The number of fused-ring (bicyclic) bond motifs is 1. The summed E-state index contributed by atoms with van der Waals surface area (Å²) >= 11 is 0. The van der Waals surface area contributed by atoms with E-state index in [1.807, 2.05) is 4.90 Å². The van der Waals surface area contributed by atoms with Crippen LogP contribution in [0.5, 0.6) is 0 Å². The number of hydrogen-bond donors (Lipinski definition) is 3.